The molecule has 2 aromatic rings. The molecule has 4 heteroatoms. The van der Waals surface area contributed by atoms with Gasteiger partial charge >= 0.3 is 0 Å². The van der Waals surface area contributed by atoms with Crippen LogP contribution in [-0.4, -0.2) is 19.7 Å². The Kier molecular flexibility index (Phi) is 5.90. The van der Waals surface area contributed by atoms with Crippen LogP contribution >= 0.6 is 11.6 Å². The van der Waals surface area contributed by atoms with Gasteiger partial charge in [-0.05, 0) is 55.9 Å². The fourth-order valence-electron chi connectivity index (χ4n) is 1.73. The van der Waals surface area contributed by atoms with Crippen LogP contribution in [0.2, 0.25) is 5.02 Å². The van der Waals surface area contributed by atoms with Crippen molar-refractivity contribution in [1.29, 1.82) is 0 Å². The molecule has 2 aromatic carbocycles. The van der Waals surface area contributed by atoms with E-state index in [-0.39, 0.29) is 0 Å². The van der Waals surface area contributed by atoms with E-state index in [1.54, 1.807) is 0 Å². The van der Waals surface area contributed by atoms with Gasteiger partial charge in [0.15, 0.2) is 0 Å². The van der Waals surface area contributed by atoms with Gasteiger partial charge in [-0.3, -0.25) is 0 Å². The molecule has 0 saturated carbocycles. The SMILES string of the molecule is CNC(C)COc1ccc(OCc2cccc(Cl)c2)cc1. The summed E-state index contributed by atoms with van der Waals surface area (Å²) in [5, 5.41) is 3.85. The largest absolute Gasteiger partial charge is 0.492 e. The van der Waals surface area contributed by atoms with Gasteiger partial charge in [-0.15, -0.1) is 0 Å². The molecule has 0 aliphatic carbocycles. The topological polar surface area (TPSA) is 30.5 Å². The Morgan fingerprint density at radius 2 is 1.71 bits per heavy atom. The normalized spacial score (nSPS) is 12.0. The predicted octanol–water partition coefficient (Wildman–Crippen LogP) is 3.91. The second-order valence-corrected chi connectivity index (χ2v) is 5.33. The number of hydrogen-bond acceptors (Lipinski definition) is 3. The van der Waals surface area contributed by atoms with E-state index in [1.165, 1.54) is 0 Å². The lowest BCUT2D eigenvalue weighted by atomic mass is 10.2. The first-order valence-electron chi connectivity index (χ1n) is 6.95. The van der Waals surface area contributed by atoms with Crippen molar-refractivity contribution >= 4 is 11.6 Å². The van der Waals surface area contributed by atoms with Crippen molar-refractivity contribution in [3.8, 4) is 11.5 Å². The molecule has 0 radical (unpaired) electrons. The molecule has 2 rings (SSSR count). The maximum absolute atomic E-state index is 5.94. The molecular formula is C17H20ClNO2. The number of ether oxygens (including phenoxy) is 2. The summed E-state index contributed by atoms with van der Waals surface area (Å²) in [6.07, 6.45) is 0. The van der Waals surface area contributed by atoms with Crippen LogP contribution < -0.4 is 14.8 Å². The van der Waals surface area contributed by atoms with Gasteiger partial charge < -0.3 is 14.8 Å². The van der Waals surface area contributed by atoms with E-state index >= 15 is 0 Å². The highest BCUT2D eigenvalue weighted by Gasteiger charge is 2.01. The Hall–Kier alpha value is -1.71. The third-order valence-electron chi connectivity index (χ3n) is 3.11. The van der Waals surface area contributed by atoms with Crippen LogP contribution in [0.15, 0.2) is 48.5 Å². The average molecular weight is 306 g/mol. The summed E-state index contributed by atoms with van der Waals surface area (Å²) in [6, 6.07) is 15.6. The number of benzene rings is 2. The summed E-state index contributed by atoms with van der Waals surface area (Å²) in [6.45, 7) is 3.21. The zero-order valence-electron chi connectivity index (χ0n) is 12.3. The van der Waals surface area contributed by atoms with Crippen molar-refractivity contribution in [2.24, 2.45) is 0 Å². The minimum atomic E-state index is 0.323. The van der Waals surface area contributed by atoms with Crippen molar-refractivity contribution in [2.75, 3.05) is 13.7 Å². The molecule has 0 aliphatic rings. The average Bonchev–Trinajstić information content (AvgIpc) is 2.51. The third kappa shape index (κ3) is 5.29. The molecule has 3 nitrogen and oxygen atoms in total. The van der Waals surface area contributed by atoms with Gasteiger partial charge in [-0.2, -0.15) is 0 Å². The van der Waals surface area contributed by atoms with Crippen LogP contribution in [0, 0.1) is 0 Å². The van der Waals surface area contributed by atoms with Gasteiger partial charge in [-0.25, -0.2) is 0 Å². The van der Waals surface area contributed by atoms with Crippen LogP contribution in [0.1, 0.15) is 12.5 Å². The zero-order chi connectivity index (χ0) is 15.1. The van der Waals surface area contributed by atoms with Gasteiger partial charge in [0.05, 0.1) is 0 Å². The van der Waals surface area contributed by atoms with E-state index in [1.807, 2.05) is 55.6 Å². The summed E-state index contributed by atoms with van der Waals surface area (Å²) in [5.74, 6) is 1.65. The fraction of sp³-hybridized carbons (Fsp3) is 0.294. The monoisotopic (exact) mass is 305 g/mol. The number of likely N-dealkylation sites (N-methyl/N-ethyl adjacent to an activating group) is 1. The molecule has 0 aromatic heterocycles. The van der Waals surface area contributed by atoms with Gasteiger partial charge in [0.2, 0.25) is 0 Å². The highest BCUT2D eigenvalue weighted by atomic mass is 35.5. The maximum Gasteiger partial charge on any atom is 0.120 e. The standard InChI is InChI=1S/C17H20ClNO2/c1-13(19-2)11-20-16-6-8-17(9-7-16)21-12-14-4-3-5-15(18)10-14/h3-10,13,19H,11-12H2,1-2H3. The van der Waals surface area contributed by atoms with Crippen LogP contribution in [0.4, 0.5) is 0 Å². The van der Waals surface area contributed by atoms with Crippen molar-refractivity contribution in [3.05, 3.63) is 59.1 Å². The summed E-state index contributed by atoms with van der Waals surface area (Å²) in [4.78, 5) is 0. The Bertz CT molecular complexity index is 557. The molecule has 0 heterocycles. The fourth-order valence-corrected chi connectivity index (χ4v) is 1.94. The van der Waals surface area contributed by atoms with Crippen molar-refractivity contribution in [1.82, 2.24) is 5.32 Å². The van der Waals surface area contributed by atoms with Gasteiger partial charge in [0, 0.05) is 11.1 Å². The maximum atomic E-state index is 5.94. The number of hydrogen-bond donors (Lipinski definition) is 1. The molecular weight excluding hydrogens is 286 g/mol. The minimum Gasteiger partial charge on any atom is -0.492 e. The van der Waals surface area contributed by atoms with E-state index in [9.17, 15) is 0 Å². The molecule has 112 valence electrons. The van der Waals surface area contributed by atoms with E-state index < -0.39 is 0 Å². The van der Waals surface area contributed by atoms with E-state index in [0.29, 0.717) is 19.3 Å². The molecule has 0 spiro atoms. The second-order valence-electron chi connectivity index (χ2n) is 4.89. The van der Waals surface area contributed by atoms with E-state index in [4.69, 9.17) is 21.1 Å². The number of halogens is 1. The predicted molar refractivity (Wildman–Crippen MR) is 86.2 cm³/mol. The zero-order valence-corrected chi connectivity index (χ0v) is 13.1. The molecule has 1 atom stereocenters. The summed E-state index contributed by atoms with van der Waals surface area (Å²) in [7, 11) is 1.92. The van der Waals surface area contributed by atoms with Gasteiger partial charge in [-0.1, -0.05) is 23.7 Å². The molecule has 0 amide bonds. The van der Waals surface area contributed by atoms with Crippen molar-refractivity contribution in [2.45, 2.75) is 19.6 Å². The lowest BCUT2D eigenvalue weighted by molar-refractivity contribution is 0.278. The quantitative estimate of drug-likeness (QED) is 0.841. The highest BCUT2D eigenvalue weighted by molar-refractivity contribution is 6.30. The highest BCUT2D eigenvalue weighted by Crippen LogP contribution is 2.19. The summed E-state index contributed by atoms with van der Waals surface area (Å²) < 4.78 is 11.4. The van der Waals surface area contributed by atoms with Crippen LogP contribution in [0.5, 0.6) is 11.5 Å². The van der Waals surface area contributed by atoms with Crippen LogP contribution in [0.3, 0.4) is 0 Å². The Morgan fingerprint density at radius 3 is 2.33 bits per heavy atom. The smallest absolute Gasteiger partial charge is 0.120 e. The van der Waals surface area contributed by atoms with Crippen LogP contribution in [-0.2, 0) is 6.61 Å². The lowest BCUT2D eigenvalue weighted by Crippen LogP contribution is -2.28. The lowest BCUT2D eigenvalue weighted by Gasteiger charge is -2.12. The molecule has 0 saturated heterocycles. The molecule has 0 fully saturated rings. The first-order chi connectivity index (χ1) is 10.2. The number of nitrogens with one attached hydrogen (secondary N) is 1. The van der Waals surface area contributed by atoms with Gasteiger partial charge in [0.25, 0.3) is 0 Å². The van der Waals surface area contributed by atoms with E-state index in [2.05, 4.69) is 12.2 Å². The van der Waals surface area contributed by atoms with Crippen LogP contribution in [0.25, 0.3) is 0 Å². The minimum absolute atomic E-state index is 0.323. The first-order valence-corrected chi connectivity index (χ1v) is 7.32. The van der Waals surface area contributed by atoms with Crippen molar-refractivity contribution < 1.29 is 9.47 Å². The Labute approximate surface area is 130 Å². The molecule has 21 heavy (non-hydrogen) atoms. The number of rotatable bonds is 7. The first kappa shape index (κ1) is 15.7. The van der Waals surface area contributed by atoms with Crippen molar-refractivity contribution in [3.63, 3.8) is 0 Å². The Balaban J connectivity index is 1.85. The molecule has 0 bridgehead atoms. The molecule has 1 unspecified atom stereocenters. The van der Waals surface area contributed by atoms with E-state index in [0.717, 1.165) is 22.1 Å². The third-order valence-corrected chi connectivity index (χ3v) is 3.35. The summed E-state index contributed by atoms with van der Waals surface area (Å²) in [5.41, 5.74) is 1.05. The molecule has 1 N–H and O–H groups in total. The molecule has 0 aliphatic heterocycles. The summed E-state index contributed by atoms with van der Waals surface area (Å²) >= 11 is 5.94. The Morgan fingerprint density at radius 1 is 1.05 bits per heavy atom. The van der Waals surface area contributed by atoms with Gasteiger partial charge in [0.1, 0.15) is 24.7 Å². The second kappa shape index (κ2) is 7.91.